The SMILES string of the molecule is c1ccc(N(c2ccccc2)c2ccc3c(c2N(c2ccccc2)c2ccc4c(c2)c2ccccc2n4-c2ccccc2)-c2ccccc2C32c3ccccc3-c3cc4ccccc4cc32)cc1. The van der Waals surface area contributed by atoms with Crippen molar-refractivity contribution < 1.29 is 0 Å². The molecule has 0 N–H and O–H groups in total. The van der Waals surface area contributed by atoms with E-state index in [9.17, 15) is 0 Å². The first-order valence-electron chi connectivity index (χ1n) is 23.5. The van der Waals surface area contributed by atoms with Crippen LogP contribution in [-0.4, -0.2) is 4.57 Å². The van der Waals surface area contributed by atoms with Gasteiger partial charge in [0.1, 0.15) is 0 Å². The van der Waals surface area contributed by atoms with Crippen molar-refractivity contribution in [2.24, 2.45) is 0 Å². The minimum atomic E-state index is -0.574. The molecule has 2 aliphatic rings. The molecule has 0 bridgehead atoms. The summed E-state index contributed by atoms with van der Waals surface area (Å²) in [6, 6.07) is 96.3. The summed E-state index contributed by atoms with van der Waals surface area (Å²) in [6.45, 7) is 0. The number of nitrogens with zero attached hydrogens (tertiary/aromatic N) is 3. The first-order valence-corrected chi connectivity index (χ1v) is 23.5. The van der Waals surface area contributed by atoms with Crippen molar-refractivity contribution in [3.8, 4) is 27.9 Å². The van der Waals surface area contributed by atoms with Crippen LogP contribution in [0.2, 0.25) is 0 Å². The summed E-state index contributed by atoms with van der Waals surface area (Å²) < 4.78 is 2.40. The molecule has 12 aromatic rings. The average molecular weight is 866 g/mol. The number of rotatable bonds is 7. The van der Waals surface area contributed by atoms with Crippen LogP contribution in [0.15, 0.2) is 261 Å². The predicted octanol–water partition coefficient (Wildman–Crippen LogP) is 17.2. The van der Waals surface area contributed by atoms with Crippen LogP contribution >= 0.6 is 0 Å². The second-order valence-corrected chi connectivity index (χ2v) is 18.0. The highest BCUT2D eigenvalue weighted by molar-refractivity contribution is 6.12. The summed E-state index contributed by atoms with van der Waals surface area (Å²) in [6.07, 6.45) is 0. The Morgan fingerprint density at radius 3 is 1.53 bits per heavy atom. The monoisotopic (exact) mass is 865 g/mol. The van der Waals surface area contributed by atoms with E-state index in [0.29, 0.717) is 0 Å². The van der Waals surface area contributed by atoms with E-state index in [2.05, 4.69) is 275 Å². The molecule has 0 radical (unpaired) electrons. The van der Waals surface area contributed by atoms with E-state index in [1.165, 1.54) is 77.1 Å². The molecule has 1 spiro atoms. The van der Waals surface area contributed by atoms with Gasteiger partial charge in [-0.25, -0.2) is 0 Å². The third-order valence-electron chi connectivity index (χ3n) is 14.5. The second-order valence-electron chi connectivity index (χ2n) is 18.0. The van der Waals surface area contributed by atoms with E-state index in [-0.39, 0.29) is 0 Å². The molecule has 1 unspecified atom stereocenters. The van der Waals surface area contributed by atoms with Crippen molar-refractivity contribution in [3.05, 3.63) is 283 Å². The number of benzene rings is 11. The van der Waals surface area contributed by atoms with Crippen molar-refractivity contribution in [2.75, 3.05) is 9.80 Å². The molecule has 3 nitrogen and oxygen atoms in total. The molecule has 1 aromatic heterocycles. The van der Waals surface area contributed by atoms with Gasteiger partial charge in [-0.2, -0.15) is 0 Å². The summed E-state index contributed by atoms with van der Waals surface area (Å²) in [4.78, 5) is 4.99. The lowest BCUT2D eigenvalue weighted by Crippen LogP contribution is -2.26. The van der Waals surface area contributed by atoms with Gasteiger partial charge in [0.2, 0.25) is 0 Å². The van der Waals surface area contributed by atoms with Crippen LogP contribution in [-0.2, 0) is 5.41 Å². The quantitative estimate of drug-likeness (QED) is 0.158. The summed E-state index contributed by atoms with van der Waals surface area (Å²) in [5.41, 5.74) is 19.7. The van der Waals surface area contributed by atoms with Crippen molar-refractivity contribution in [1.82, 2.24) is 4.57 Å². The molecule has 0 saturated carbocycles. The van der Waals surface area contributed by atoms with Gasteiger partial charge in [0.25, 0.3) is 0 Å². The average Bonchev–Trinajstić information content (AvgIpc) is 4.01. The molecule has 11 aromatic carbocycles. The number of anilines is 6. The van der Waals surface area contributed by atoms with Crippen LogP contribution in [0.1, 0.15) is 22.3 Å². The van der Waals surface area contributed by atoms with Gasteiger partial charge >= 0.3 is 0 Å². The van der Waals surface area contributed by atoms with E-state index in [1.54, 1.807) is 0 Å². The normalized spacial score (nSPS) is 14.2. The topological polar surface area (TPSA) is 11.4 Å². The Bertz CT molecular complexity index is 3870. The first-order chi connectivity index (χ1) is 33.8. The van der Waals surface area contributed by atoms with Crippen molar-refractivity contribution >= 4 is 66.7 Å². The number of aromatic nitrogens is 1. The van der Waals surface area contributed by atoms with Gasteiger partial charge in [-0.15, -0.1) is 0 Å². The van der Waals surface area contributed by atoms with Gasteiger partial charge in [0.15, 0.2) is 0 Å². The fourth-order valence-electron chi connectivity index (χ4n) is 11.8. The van der Waals surface area contributed by atoms with E-state index in [0.717, 1.165) is 39.8 Å². The fraction of sp³-hybridized carbons (Fsp3) is 0.0154. The lowest BCUT2D eigenvalue weighted by Gasteiger charge is -2.36. The molecule has 0 aliphatic heterocycles. The van der Waals surface area contributed by atoms with Gasteiger partial charge < -0.3 is 14.4 Å². The number of para-hydroxylation sites is 5. The zero-order valence-electron chi connectivity index (χ0n) is 37.2. The summed E-state index contributed by atoms with van der Waals surface area (Å²) >= 11 is 0. The highest BCUT2D eigenvalue weighted by Gasteiger charge is 2.53. The Morgan fingerprint density at radius 1 is 0.309 bits per heavy atom. The molecule has 14 rings (SSSR count). The van der Waals surface area contributed by atoms with E-state index >= 15 is 0 Å². The summed E-state index contributed by atoms with van der Waals surface area (Å²) in [5.74, 6) is 0. The molecule has 0 amide bonds. The van der Waals surface area contributed by atoms with Crippen LogP contribution in [0.3, 0.4) is 0 Å². The fourth-order valence-corrected chi connectivity index (χ4v) is 11.8. The van der Waals surface area contributed by atoms with E-state index < -0.39 is 5.41 Å². The lowest BCUT2D eigenvalue weighted by molar-refractivity contribution is 0.795. The van der Waals surface area contributed by atoms with Crippen molar-refractivity contribution in [3.63, 3.8) is 0 Å². The highest BCUT2D eigenvalue weighted by Crippen LogP contribution is 2.66. The van der Waals surface area contributed by atoms with Crippen molar-refractivity contribution in [1.29, 1.82) is 0 Å². The molecule has 318 valence electrons. The Labute approximate surface area is 395 Å². The van der Waals surface area contributed by atoms with Crippen LogP contribution < -0.4 is 9.80 Å². The zero-order chi connectivity index (χ0) is 44.8. The van der Waals surface area contributed by atoms with Gasteiger partial charge in [0, 0.05) is 44.8 Å². The molecule has 68 heavy (non-hydrogen) atoms. The molecular formula is C65H43N3. The van der Waals surface area contributed by atoms with Crippen molar-refractivity contribution in [2.45, 2.75) is 5.41 Å². The van der Waals surface area contributed by atoms with Gasteiger partial charge in [-0.1, -0.05) is 170 Å². The predicted molar refractivity (Wildman–Crippen MR) is 284 cm³/mol. The summed E-state index contributed by atoms with van der Waals surface area (Å²) in [5, 5.41) is 4.91. The summed E-state index contributed by atoms with van der Waals surface area (Å²) in [7, 11) is 0. The minimum absolute atomic E-state index is 0.574. The number of hydrogen-bond donors (Lipinski definition) is 0. The van der Waals surface area contributed by atoms with E-state index in [4.69, 9.17) is 0 Å². The molecule has 3 heteroatoms. The Balaban J connectivity index is 1.14. The molecular weight excluding hydrogens is 823 g/mol. The highest BCUT2D eigenvalue weighted by atomic mass is 15.2. The maximum atomic E-state index is 2.54. The third kappa shape index (κ3) is 5.47. The first kappa shape index (κ1) is 38.4. The third-order valence-corrected chi connectivity index (χ3v) is 14.5. The number of fused-ring (bicyclic) bond motifs is 14. The minimum Gasteiger partial charge on any atom is -0.309 e. The molecule has 0 saturated heterocycles. The second kappa shape index (κ2) is 15.1. The number of hydrogen-bond acceptors (Lipinski definition) is 2. The van der Waals surface area contributed by atoms with Gasteiger partial charge in [-0.05, 0) is 141 Å². The standard InChI is InChI=1S/C65H43N3/c1-5-23-46(24-6-1)66(47-25-7-2-8-26-47)62-40-38-58-63(53-33-16-19-35-57(53)65(58)56-34-18-15-31-51(56)54-41-44-21-13-14-22-45(44)42-59(54)65)64(62)67(48-27-9-3-10-28-48)50-37-39-61-55(43-50)52-32-17-20-36-60(52)68(61)49-29-11-4-12-30-49/h1-43H. The van der Waals surface area contributed by atoms with E-state index in [1.807, 2.05) is 0 Å². The largest absolute Gasteiger partial charge is 0.309 e. The lowest BCUT2D eigenvalue weighted by atomic mass is 9.70. The van der Waals surface area contributed by atoms with Crippen LogP contribution in [0, 0.1) is 0 Å². The maximum Gasteiger partial charge on any atom is 0.0784 e. The molecule has 1 atom stereocenters. The van der Waals surface area contributed by atoms with Crippen LogP contribution in [0.5, 0.6) is 0 Å². The van der Waals surface area contributed by atoms with Gasteiger partial charge in [-0.3, -0.25) is 0 Å². The molecule has 1 heterocycles. The Morgan fingerprint density at radius 2 is 0.838 bits per heavy atom. The van der Waals surface area contributed by atoms with Crippen LogP contribution in [0.4, 0.5) is 34.1 Å². The molecule has 0 fully saturated rings. The molecule has 2 aliphatic carbocycles. The zero-order valence-corrected chi connectivity index (χ0v) is 37.2. The van der Waals surface area contributed by atoms with Crippen LogP contribution in [0.25, 0.3) is 60.5 Å². The maximum absolute atomic E-state index is 2.54. The Hall–Kier alpha value is -8.92. The van der Waals surface area contributed by atoms with Gasteiger partial charge in [0.05, 0.1) is 27.8 Å². The Kier molecular flexibility index (Phi) is 8.50. The smallest absolute Gasteiger partial charge is 0.0784 e.